The van der Waals surface area contributed by atoms with Gasteiger partial charge in [0.25, 0.3) is 0 Å². The number of nitrogens with two attached hydrogens (primary N) is 1. The number of alkyl halides is 3. The molecule has 0 fully saturated rings. The minimum absolute atomic E-state index is 0.0201. The molecule has 1 aromatic rings. The van der Waals surface area contributed by atoms with Crippen LogP contribution in [0.4, 0.5) is 18.9 Å². The number of thioether (sulfide) groups is 1. The number of carboxylic acid groups (broad SMARTS) is 2. The summed E-state index contributed by atoms with van der Waals surface area (Å²) >= 11 is 1.12. The van der Waals surface area contributed by atoms with Crippen molar-refractivity contribution in [3.8, 4) is 5.75 Å². The van der Waals surface area contributed by atoms with Crippen molar-refractivity contribution in [1.82, 2.24) is 0 Å². The van der Waals surface area contributed by atoms with E-state index in [1.807, 2.05) is 0 Å². The number of phenolic OH excluding ortho intramolecular Hbond substituents is 1. The van der Waals surface area contributed by atoms with Crippen molar-refractivity contribution < 1.29 is 42.9 Å². The molecule has 0 unspecified atom stereocenters. The van der Waals surface area contributed by atoms with Crippen LogP contribution in [0.2, 0.25) is 0 Å². The average Bonchev–Trinajstić information content (AvgIpc) is 2.46. The van der Waals surface area contributed by atoms with Crippen LogP contribution in [0.1, 0.15) is 6.92 Å². The van der Waals surface area contributed by atoms with Gasteiger partial charge in [0.1, 0.15) is 11.8 Å². The fourth-order valence-electron chi connectivity index (χ4n) is 1.16. The first-order valence-corrected chi connectivity index (χ1v) is 7.35. The molecule has 12 heteroatoms. The highest BCUT2D eigenvalue weighted by Crippen LogP contribution is 2.31. The molecule has 0 spiro atoms. The summed E-state index contributed by atoms with van der Waals surface area (Å²) in [5.41, 5.74) is 5.90. The molecule has 1 amide bonds. The predicted molar refractivity (Wildman–Crippen MR) is 82.4 cm³/mol. The second-order valence-electron chi connectivity index (χ2n) is 4.42. The van der Waals surface area contributed by atoms with E-state index in [0.717, 1.165) is 11.8 Å². The van der Waals surface area contributed by atoms with Gasteiger partial charge in [0.05, 0.1) is 4.90 Å². The monoisotopic (exact) mass is 384 g/mol. The van der Waals surface area contributed by atoms with E-state index in [9.17, 15) is 27.9 Å². The lowest BCUT2D eigenvalue weighted by Gasteiger charge is -2.09. The number of benzene rings is 1. The van der Waals surface area contributed by atoms with Crippen molar-refractivity contribution in [2.75, 3.05) is 11.1 Å². The molecule has 0 radical (unpaired) electrons. The molecule has 0 aliphatic heterocycles. The summed E-state index contributed by atoms with van der Waals surface area (Å²) in [5.74, 6) is -3.93. The molecule has 6 N–H and O–H groups in total. The molecule has 0 aliphatic carbocycles. The number of carboxylic acids is 2. The van der Waals surface area contributed by atoms with E-state index in [1.165, 1.54) is 13.0 Å². The molecule has 0 aliphatic rings. The number of phenols is 1. The molecular weight excluding hydrogens is 369 g/mol. The number of aliphatic carboxylic acids is 2. The first-order chi connectivity index (χ1) is 11.3. The number of hydrogen-bond donors (Lipinski definition) is 5. The number of hydrogen-bond acceptors (Lipinski definition) is 6. The van der Waals surface area contributed by atoms with Gasteiger partial charge in [-0.1, -0.05) is 0 Å². The highest BCUT2D eigenvalue weighted by atomic mass is 32.2. The second-order valence-corrected chi connectivity index (χ2v) is 5.48. The lowest BCUT2D eigenvalue weighted by molar-refractivity contribution is -0.192. The van der Waals surface area contributed by atoms with Crippen LogP contribution in [-0.2, 0) is 14.4 Å². The Morgan fingerprint density at radius 1 is 1.28 bits per heavy atom. The van der Waals surface area contributed by atoms with E-state index >= 15 is 0 Å². The van der Waals surface area contributed by atoms with Crippen LogP contribution in [0.3, 0.4) is 0 Å². The summed E-state index contributed by atoms with van der Waals surface area (Å²) in [6.45, 7) is 1.38. The zero-order chi connectivity index (χ0) is 19.8. The first-order valence-electron chi connectivity index (χ1n) is 6.36. The molecule has 1 rings (SSSR count). The van der Waals surface area contributed by atoms with Crippen LogP contribution in [-0.4, -0.2) is 51.1 Å². The Morgan fingerprint density at radius 2 is 1.80 bits per heavy atom. The minimum Gasteiger partial charge on any atom is -0.507 e. The fourth-order valence-corrected chi connectivity index (χ4v) is 2.09. The Labute approximate surface area is 143 Å². The Kier molecular flexibility index (Phi) is 8.77. The SMILES string of the molecule is CC(=O)Nc1ccc(O)c(SC[C@H](N)C(=O)O)c1.O=C(O)C(F)(F)F. The van der Waals surface area contributed by atoms with Gasteiger partial charge in [-0.3, -0.25) is 9.59 Å². The van der Waals surface area contributed by atoms with E-state index in [1.54, 1.807) is 12.1 Å². The zero-order valence-electron chi connectivity index (χ0n) is 12.7. The zero-order valence-corrected chi connectivity index (χ0v) is 13.5. The molecule has 0 saturated carbocycles. The van der Waals surface area contributed by atoms with Gasteiger partial charge in [0.2, 0.25) is 5.91 Å². The van der Waals surface area contributed by atoms with Gasteiger partial charge in [-0.25, -0.2) is 4.79 Å². The summed E-state index contributed by atoms with van der Waals surface area (Å²) in [6.07, 6.45) is -5.08. The minimum atomic E-state index is -5.08. The number of amides is 1. The van der Waals surface area contributed by atoms with Crippen LogP contribution in [0.5, 0.6) is 5.75 Å². The van der Waals surface area contributed by atoms with Crippen LogP contribution in [0.25, 0.3) is 0 Å². The van der Waals surface area contributed by atoms with Gasteiger partial charge in [0, 0.05) is 18.4 Å². The maximum atomic E-state index is 10.9. The smallest absolute Gasteiger partial charge is 0.490 e. The number of halogens is 3. The van der Waals surface area contributed by atoms with Crippen molar-refractivity contribution in [1.29, 1.82) is 0 Å². The largest absolute Gasteiger partial charge is 0.507 e. The topological polar surface area (TPSA) is 150 Å². The second kappa shape index (κ2) is 9.74. The van der Waals surface area contributed by atoms with Crippen LogP contribution >= 0.6 is 11.8 Å². The summed E-state index contributed by atoms with van der Waals surface area (Å²) in [4.78, 5) is 30.8. The van der Waals surface area contributed by atoms with E-state index < -0.39 is 24.2 Å². The lowest BCUT2D eigenvalue weighted by Crippen LogP contribution is -2.32. The number of nitrogens with one attached hydrogen (secondary N) is 1. The van der Waals surface area contributed by atoms with Gasteiger partial charge in [-0.05, 0) is 18.2 Å². The van der Waals surface area contributed by atoms with E-state index in [2.05, 4.69) is 5.32 Å². The molecule has 1 aromatic carbocycles. The summed E-state index contributed by atoms with van der Waals surface area (Å²) in [6, 6.07) is 3.55. The van der Waals surface area contributed by atoms with Crippen LogP contribution in [0.15, 0.2) is 23.1 Å². The van der Waals surface area contributed by atoms with Crippen molar-refractivity contribution in [3.05, 3.63) is 18.2 Å². The Hall–Kier alpha value is -2.47. The molecule has 140 valence electrons. The van der Waals surface area contributed by atoms with E-state index in [0.29, 0.717) is 10.6 Å². The number of rotatable bonds is 5. The standard InChI is InChI=1S/C11H14N2O4S.C2HF3O2/c1-6(14)13-7-2-3-9(15)10(4-7)18-5-8(12)11(16)17;3-2(4,5)1(6)7/h2-4,8,15H,5,12H2,1H3,(H,13,14)(H,16,17);(H,6,7)/t8-;/m0./s1. The van der Waals surface area contributed by atoms with Gasteiger partial charge in [-0.15, -0.1) is 11.8 Å². The summed E-state index contributed by atoms with van der Waals surface area (Å²) in [5, 5.41) is 27.9. The molecule has 25 heavy (non-hydrogen) atoms. The van der Waals surface area contributed by atoms with Crippen molar-refractivity contribution >= 4 is 35.3 Å². The van der Waals surface area contributed by atoms with Crippen LogP contribution in [0, 0.1) is 0 Å². The molecule has 0 aromatic heterocycles. The number of anilines is 1. The Morgan fingerprint density at radius 3 is 2.20 bits per heavy atom. The summed E-state index contributed by atoms with van der Waals surface area (Å²) in [7, 11) is 0. The van der Waals surface area contributed by atoms with Gasteiger partial charge >= 0.3 is 18.1 Å². The molecular formula is C13H15F3N2O6S. The van der Waals surface area contributed by atoms with E-state index in [4.69, 9.17) is 20.7 Å². The van der Waals surface area contributed by atoms with Crippen molar-refractivity contribution in [3.63, 3.8) is 0 Å². The summed E-state index contributed by atoms with van der Waals surface area (Å²) < 4.78 is 31.7. The van der Waals surface area contributed by atoms with E-state index in [-0.39, 0.29) is 17.4 Å². The first kappa shape index (κ1) is 22.5. The predicted octanol–water partition coefficient (Wildman–Crippen LogP) is 1.49. The van der Waals surface area contributed by atoms with Crippen molar-refractivity contribution in [2.24, 2.45) is 5.73 Å². The quantitative estimate of drug-likeness (QED) is 0.378. The highest BCUT2D eigenvalue weighted by molar-refractivity contribution is 7.99. The lowest BCUT2D eigenvalue weighted by atomic mass is 10.3. The third-order valence-electron chi connectivity index (χ3n) is 2.26. The number of carbonyl (C=O) groups is 3. The van der Waals surface area contributed by atoms with Crippen molar-refractivity contribution in [2.45, 2.75) is 24.0 Å². The molecule has 8 nitrogen and oxygen atoms in total. The third-order valence-corrected chi connectivity index (χ3v) is 3.42. The van der Waals surface area contributed by atoms with Gasteiger partial charge < -0.3 is 26.4 Å². The molecule has 0 heterocycles. The maximum absolute atomic E-state index is 10.9. The number of aromatic hydroxyl groups is 1. The Balaban J connectivity index is 0.000000697. The average molecular weight is 384 g/mol. The highest BCUT2D eigenvalue weighted by Gasteiger charge is 2.38. The van der Waals surface area contributed by atoms with Crippen LogP contribution < -0.4 is 11.1 Å². The Bertz CT molecular complexity index is 639. The fraction of sp³-hybridized carbons (Fsp3) is 0.308. The molecule has 1 atom stereocenters. The molecule has 0 saturated heterocycles. The normalized spacial score (nSPS) is 11.7. The molecule has 0 bridgehead atoms. The maximum Gasteiger partial charge on any atom is 0.490 e. The number of carbonyl (C=O) groups excluding carboxylic acids is 1. The third kappa shape index (κ3) is 9.42. The van der Waals surface area contributed by atoms with Gasteiger partial charge in [-0.2, -0.15) is 13.2 Å². The van der Waals surface area contributed by atoms with Gasteiger partial charge in [0.15, 0.2) is 0 Å².